The third-order valence-electron chi connectivity index (χ3n) is 3.32. The molecule has 1 saturated carbocycles. The highest BCUT2D eigenvalue weighted by Gasteiger charge is 2.22. The summed E-state index contributed by atoms with van der Waals surface area (Å²) in [5, 5.41) is 0.675. The Morgan fingerprint density at radius 1 is 0.944 bits per heavy atom. The van der Waals surface area contributed by atoms with Crippen molar-refractivity contribution in [3.63, 3.8) is 0 Å². The largest absolute Gasteiger partial charge is 0.380 e. The molecule has 0 N–H and O–H groups in total. The Morgan fingerprint density at radius 2 is 1.39 bits per heavy atom. The molecule has 1 aliphatic rings. The van der Waals surface area contributed by atoms with Crippen molar-refractivity contribution >= 4 is 25.3 Å². The number of rotatable bonds is 8. The van der Waals surface area contributed by atoms with E-state index in [4.69, 9.17) is 9.47 Å². The van der Waals surface area contributed by atoms with Gasteiger partial charge in [0, 0.05) is 23.7 Å². The van der Waals surface area contributed by atoms with Crippen LogP contribution in [0.2, 0.25) is 0 Å². The summed E-state index contributed by atoms with van der Waals surface area (Å²) in [6.45, 7) is 7.45. The van der Waals surface area contributed by atoms with E-state index in [1.165, 1.54) is 25.7 Å². The summed E-state index contributed by atoms with van der Waals surface area (Å²) in [5.41, 5.74) is 0. The molecule has 0 saturated heterocycles. The minimum Gasteiger partial charge on any atom is -0.380 e. The maximum Gasteiger partial charge on any atom is 0.0579 e. The lowest BCUT2D eigenvalue weighted by atomic mass is 9.82. The highest BCUT2D eigenvalue weighted by Crippen LogP contribution is 2.29. The van der Waals surface area contributed by atoms with E-state index >= 15 is 0 Å². The fraction of sp³-hybridized carbons (Fsp3) is 1.00. The molecule has 0 radical (unpaired) electrons. The number of ether oxygens (including phenoxy) is 2. The van der Waals surface area contributed by atoms with E-state index in [0.717, 1.165) is 26.4 Å². The molecule has 2 nitrogen and oxygen atoms in total. The summed E-state index contributed by atoms with van der Waals surface area (Å²) < 4.78 is 11.4. The predicted octanol–water partition coefficient (Wildman–Crippen LogP) is 3.46. The normalized spacial score (nSPS) is 28.0. The van der Waals surface area contributed by atoms with Crippen molar-refractivity contribution in [1.82, 2.24) is 0 Å². The molecule has 4 heteroatoms. The molecule has 0 aromatic heterocycles. The standard InChI is InChI=1S/C14H28O2S2/c1-11(17)7-15-9-13-4-3-5-14(6-13)10-16-8-12(2)18/h11-14,17-18H,3-10H2,1-2H3. The van der Waals surface area contributed by atoms with Crippen LogP contribution in [0.3, 0.4) is 0 Å². The molecule has 1 rings (SSSR count). The van der Waals surface area contributed by atoms with Gasteiger partial charge in [0.25, 0.3) is 0 Å². The molecular weight excluding hydrogens is 264 g/mol. The van der Waals surface area contributed by atoms with Crippen LogP contribution in [0.5, 0.6) is 0 Å². The zero-order valence-electron chi connectivity index (χ0n) is 11.7. The van der Waals surface area contributed by atoms with Crippen molar-refractivity contribution in [3.05, 3.63) is 0 Å². The smallest absolute Gasteiger partial charge is 0.0579 e. The van der Waals surface area contributed by atoms with Crippen LogP contribution in [-0.4, -0.2) is 36.9 Å². The average Bonchev–Trinajstić information content (AvgIpc) is 2.28. The topological polar surface area (TPSA) is 18.5 Å². The lowest BCUT2D eigenvalue weighted by Gasteiger charge is -2.29. The zero-order valence-corrected chi connectivity index (χ0v) is 13.5. The molecule has 0 aromatic carbocycles. The lowest BCUT2D eigenvalue weighted by molar-refractivity contribution is 0.0443. The van der Waals surface area contributed by atoms with E-state index in [0.29, 0.717) is 22.3 Å². The van der Waals surface area contributed by atoms with Crippen LogP contribution in [0.1, 0.15) is 39.5 Å². The third-order valence-corrected chi connectivity index (χ3v) is 3.61. The van der Waals surface area contributed by atoms with E-state index in [2.05, 4.69) is 39.1 Å². The number of hydrogen-bond acceptors (Lipinski definition) is 4. The minimum absolute atomic E-state index is 0.338. The molecular formula is C14H28O2S2. The summed E-state index contributed by atoms with van der Waals surface area (Å²) in [7, 11) is 0. The van der Waals surface area contributed by atoms with Crippen LogP contribution in [-0.2, 0) is 9.47 Å². The fourth-order valence-corrected chi connectivity index (χ4v) is 2.73. The van der Waals surface area contributed by atoms with Gasteiger partial charge in [-0.25, -0.2) is 0 Å². The molecule has 108 valence electrons. The summed E-state index contributed by atoms with van der Waals surface area (Å²) in [6.07, 6.45) is 5.18. The first-order valence-electron chi connectivity index (χ1n) is 7.09. The van der Waals surface area contributed by atoms with Gasteiger partial charge >= 0.3 is 0 Å². The monoisotopic (exact) mass is 292 g/mol. The molecule has 18 heavy (non-hydrogen) atoms. The molecule has 1 aliphatic carbocycles. The van der Waals surface area contributed by atoms with Gasteiger partial charge in [-0.1, -0.05) is 20.3 Å². The van der Waals surface area contributed by atoms with Gasteiger partial charge in [0.2, 0.25) is 0 Å². The van der Waals surface area contributed by atoms with Gasteiger partial charge in [0.15, 0.2) is 0 Å². The molecule has 0 aliphatic heterocycles. The lowest BCUT2D eigenvalue weighted by Crippen LogP contribution is -2.24. The average molecular weight is 293 g/mol. The first-order chi connectivity index (χ1) is 8.58. The van der Waals surface area contributed by atoms with E-state index < -0.39 is 0 Å². The van der Waals surface area contributed by atoms with Gasteiger partial charge in [0.05, 0.1) is 13.2 Å². The summed E-state index contributed by atoms with van der Waals surface area (Å²) in [5.74, 6) is 1.43. The van der Waals surface area contributed by atoms with Crippen molar-refractivity contribution in [2.75, 3.05) is 26.4 Å². The SMILES string of the molecule is CC(S)COCC1CCCC(COCC(C)S)C1. The van der Waals surface area contributed by atoms with Crippen molar-refractivity contribution < 1.29 is 9.47 Å². The van der Waals surface area contributed by atoms with Crippen molar-refractivity contribution in [2.45, 2.75) is 50.0 Å². The highest BCUT2D eigenvalue weighted by molar-refractivity contribution is 7.81. The Balaban J connectivity index is 2.11. The Hall–Kier alpha value is 0.620. The summed E-state index contributed by atoms with van der Waals surface area (Å²) >= 11 is 8.65. The van der Waals surface area contributed by atoms with Gasteiger partial charge in [-0.3, -0.25) is 0 Å². The molecule has 4 unspecified atom stereocenters. The van der Waals surface area contributed by atoms with Crippen LogP contribution >= 0.6 is 25.3 Å². The van der Waals surface area contributed by atoms with Crippen molar-refractivity contribution in [3.8, 4) is 0 Å². The molecule has 1 fully saturated rings. The first kappa shape index (κ1) is 16.7. The molecule has 4 atom stereocenters. The second kappa shape index (κ2) is 9.51. The molecule has 0 bridgehead atoms. The van der Waals surface area contributed by atoms with E-state index in [-0.39, 0.29) is 0 Å². The zero-order chi connectivity index (χ0) is 13.4. The highest BCUT2D eigenvalue weighted by atomic mass is 32.1. The third kappa shape index (κ3) is 7.93. The number of hydrogen-bond donors (Lipinski definition) is 2. The fourth-order valence-electron chi connectivity index (χ4n) is 2.52. The van der Waals surface area contributed by atoms with E-state index in [1.54, 1.807) is 0 Å². The quantitative estimate of drug-likeness (QED) is 0.668. The minimum atomic E-state index is 0.338. The summed E-state index contributed by atoms with van der Waals surface area (Å²) in [4.78, 5) is 0. The van der Waals surface area contributed by atoms with Crippen LogP contribution in [0, 0.1) is 11.8 Å². The molecule has 0 heterocycles. The summed E-state index contributed by atoms with van der Waals surface area (Å²) in [6, 6.07) is 0. The second-order valence-corrected chi connectivity index (χ2v) is 7.43. The van der Waals surface area contributed by atoms with Gasteiger partial charge in [0.1, 0.15) is 0 Å². The van der Waals surface area contributed by atoms with Gasteiger partial charge in [-0.05, 0) is 31.1 Å². The van der Waals surface area contributed by atoms with Gasteiger partial charge < -0.3 is 9.47 Å². The van der Waals surface area contributed by atoms with Crippen LogP contribution in [0.15, 0.2) is 0 Å². The molecule has 0 amide bonds. The van der Waals surface area contributed by atoms with Gasteiger partial charge in [-0.15, -0.1) is 0 Å². The molecule has 0 aromatic rings. The Bertz CT molecular complexity index is 190. The molecule has 0 spiro atoms. The second-order valence-electron chi connectivity index (χ2n) is 5.67. The van der Waals surface area contributed by atoms with Crippen LogP contribution < -0.4 is 0 Å². The van der Waals surface area contributed by atoms with E-state index in [1.807, 2.05) is 0 Å². The predicted molar refractivity (Wildman–Crippen MR) is 84.0 cm³/mol. The Morgan fingerprint density at radius 3 is 1.78 bits per heavy atom. The van der Waals surface area contributed by atoms with Crippen LogP contribution in [0.25, 0.3) is 0 Å². The van der Waals surface area contributed by atoms with Crippen molar-refractivity contribution in [2.24, 2.45) is 11.8 Å². The maximum absolute atomic E-state index is 5.70. The first-order valence-corrected chi connectivity index (χ1v) is 8.12. The Labute approximate surface area is 123 Å². The van der Waals surface area contributed by atoms with Crippen LogP contribution in [0.4, 0.5) is 0 Å². The van der Waals surface area contributed by atoms with Crippen molar-refractivity contribution in [1.29, 1.82) is 0 Å². The number of thiol groups is 2. The Kier molecular flexibility index (Phi) is 8.81. The van der Waals surface area contributed by atoms with E-state index in [9.17, 15) is 0 Å². The maximum atomic E-state index is 5.70. The van der Waals surface area contributed by atoms with Gasteiger partial charge in [-0.2, -0.15) is 25.3 Å².